The van der Waals surface area contributed by atoms with Gasteiger partial charge in [0.05, 0.1) is 33.8 Å². The number of aryl methyl sites for hydroxylation is 1. The summed E-state index contributed by atoms with van der Waals surface area (Å²) in [4.78, 5) is 27.2. The highest BCUT2D eigenvalue weighted by atomic mass is 16.5. The minimum Gasteiger partial charge on any atom is -0.493 e. The predicted molar refractivity (Wildman–Crippen MR) is 119 cm³/mol. The molecule has 1 heterocycles. The van der Waals surface area contributed by atoms with Crippen LogP contribution in [-0.4, -0.2) is 50.7 Å². The van der Waals surface area contributed by atoms with Crippen LogP contribution >= 0.6 is 0 Å². The van der Waals surface area contributed by atoms with E-state index in [-0.39, 0.29) is 30.9 Å². The summed E-state index contributed by atoms with van der Waals surface area (Å²) >= 11 is 0. The molecule has 0 radical (unpaired) electrons. The molecule has 31 heavy (non-hydrogen) atoms. The van der Waals surface area contributed by atoms with Gasteiger partial charge in [-0.2, -0.15) is 0 Å². The van der Waals surface area contributed by atoms with Gasteiger partial charge in [-0.1, -0.05) is 18.2 Å². The fourth-order valence-corrected chi connectivity index (χ4v) is 3.97. The zero-order chi connectivity index (χ0) is 22.4. The monoisotopic (exact) mass is 426 g/mol. The van der Waals surface area contributed by atoms with Crippen LogP contribution in [0.1, 0.15) is 36.1 Å². The Bertz CT molecular complexity index is 944. The third-order valence-corrected chi connectivity index (χ3v) is 5.54. The molecule has 0 fully saturated rings. The molecule has 1 amide bonds. The fourth-order valence-electron chi connectivity index (χ4n) is 3.97. The number of hydrogen-bond donors (Lipinski definition) is 1. The normalized spacial score (nSPS) is 15.7. The van der Waals surface area contributed by atoms with Crippen molar-refractivity contribution < 1.29 is 23.8 Å². The molecule has 3 rings (SSSR count). The molecule has 0 saturated heterocycles. The van der Waals surface area contributed by atoms with Gasteiger partial charge in [0, 0.05) is 18.3 Å². The number of anilines is 1. The Kier molecular flexibility index (Phi) is 7.52. The van der Waals surface area contributed by atoms with Gasteiger partial charge in [0.15, 0.2) is 11.5 Å². The van der Waals surface area contributed by atoms with E-state index in [1.54, 1.807) is 21.1 Å². The zero-order valence-electron chi connectivity index (χ0n) is 18.6. The van der Waals surface area contributed by atoms with Crippen molar-refractivity contribution in [1.82, 2.24) is 4.90 Å². The number of esters is 1. The van der Waals surface area contributed by atoms with E-state index in [0.29, 0.717) is 24.7 Å². The molecule has 0 saturated carbocycles. The van der Waals surface area contributed by atoms with Crippen molar-refractivity contribution in [3.63, 3.8) is 0 Å². The highest BCUT2D eigenvalue weighted by Crippen LogP contribution is 2.39. The summed E-state index contributed by atoms with van der Waals surface area (Å²) in [5.74, 6) is 0.842. The van der Waals surface area contributed by atoms with E-state index in [1.165, 1.54) is 0 Å². The second kappa shape index (κ2) is 10.3. The maximum absolute atomic E-state index is 12.8. The van der Waals surface area contributed by atoms with Crippen molar-refractivity contribution >= 4 is 17.6 Å². The molecule has 2 aromatic rings. The van der Waals surface area contributed by atoms with Crippen LogP contribution in [0.15, 0.2) is 36.4 Å². The summed E-state index contributed by atoms with van der Waals surface area (Å²) in [7, 11) is 3.19. The van der Waals surface area contributed by atoms with Crippen molar-refractivity contribution in [1.29, 1.82) is 0 Å². The number of amides is 1. The topological polar surface area (TPSA) is 77.1 Å². The molecule has 0 aromatic heterocycles. The van der Waals surface area contributed by atoms with Gasteiger partial charge in [-0.05, 0) is 55.2 Å². The van der Waals surface area contributed by atoms with E-state index < -0.39 is 0 Å². The van der Waals surface area contributed by atoms with E-state index in [4.69, 9.17) is 14.2 Å². The van der Waals surface area contributed by atoms with E-state index in [1.807, 2.05) is 48.2 Å². The lowest BCUT2D eigenvalue weighted by Crippen LogP contribution is -2.41. The van der Waals surface area contributed by atoms with Crippen LogP contribution in [0.4, 0.5) is 5.69 Å². The van der Waals surface area contributed by atoms with E-state index >= 15 is 0 Å². The Labute approximate surface area is 183 Å². The number of benzene rings is 2. The lowest BCUT2D eigenvalue weighted by molar-refractivity contribution is -0.145. The predicted octanol–water partition coefficient (Wildman–Crippen LogP) is 3.50. The largest absolute Gasteiger partial charge is 0.493 e. The molecule has 1 aliphatic heterocycles. The van der Waals surface area contributed by atoms with Gasteiger partial charge in [0.25, 0.3) is 0 Å². The standard InChI is InChI=1S/C24H30N2O5/c1-5-31-24(28)14-20-18-13-22(30-4)21(29-3)12-17(18)10-11-26(20)15-23(27)25-19-9-7-6-8-16(19)2/h6-9,12-13,20H,5,10-11,14-15H2,1-4H3,(H,25,27). The SMILES string of the molecule is CCOC(=O)CC1c2cc(OC)c(OC)cc2CCN1CC(=O)Nc1ccccc1C. The number of fused-ring (bicyclic) bond motifs is 1. The number of methoxy groups -OCH3 is 2. The number of carbonyl (C=O) groups excluding carboxylic acids is 2. The van der Waals surface area contributed by atoms with Crippen molar-refractivity contribution in [2.24, 2.45) is 0 Å². The number of hydrogen-bond acceptors (Lipinski definition) is 6. The van der Waals surface area contributed by atoms with Gasteiger partial charge < -0.3 is 19.5 Å². The van der Waals surface area contributed by atoms with Gasteiger partial charge in [0.1, 0.15) is 0 Å². The van der Waals surface area contributed by atoms with Crippen molar-refractivity contribution in [3.05, 3.63) is 53.1 Å². The van der Waals surface area contributed by atoms with Crippen LogP contribution in [0.3, 0.4) is 0 Å². The number of rotatable bonds is 8. The summed E-state index contributed by atoms with van der Waals surface area (Å²) in [6, 6.07) is 11.2. The Balaban J connectivity index is 1.86. The number of nitrogens with zero attached hydrogens (tertiary/aromatic N) is 1. The van der Waals surface area contributed by atoms with Gasteiger partial charge in [-0.15, -0.1) is 0 Å². The Morgan fingerprint density at radius 3 is 2.52 bits per heavy atom. The smallest absolute Gasteiger partial charge is 0.307 e. The zero-order valence-corrected chi connectivity index (χ0v) is 18.6. The van der Waals surface area contributed by atoms with E-state index in [9.17, 15) is 9.59 Å². The van der Waals surface area contributed by atoms with Gasteiger partial charge in [-0.3, -0.25) is 14.5 Å². The number of ether oxygens (including phenoxy) is 3. The highest BCUT2D eigenvalue weighted by Gasteiger charge is 2.32. The van der Waals surface area contributed by atoms with Crippen molar-refractivity contribution in [2.45, 2.75) is 32.7 Å². The molecule has 1 unspecified atom stereocenters. The number of nitrogens with one attached hydrogen (secondary N) is 1. The van der Waals surface area contributed by atoms with Crippen LogP contribution in [0.5, 0.6) is 11.5 Å². The molecule has 1 N–H and O–H groups in total. The second-order valence-electron chi connectivity index (χ2n) is 7.51. The summed E-state index contributed by atoms with van der Waals surface area (Å²) in [6.45, 7) is 4.88. The molecule has 166 valence electrons. The number of para-hydroxylation sites is 1. The van der Waals surface area contributed by atoms with E-state index in [0.717, 1.165) is 28.8 Å². The Morgan fingerprint density at radius 2 is 1.84 bits per heavy atom. The molecule has 7 heteroatoms. The second-order valence-corrected chi connectivity index (χ2v) is 7.51. The van der Waals surface area contributed by atoms with E-state index in [2.05, 4.69) is 5.32 Å². The highest BCUT2D eigenvalue weighted by molar-refractivity contribution is 5.93. The molecule has 7 nitrogen and oxygen atoms in total. The van der Waals surface area contributed by atoms with Crippen molar-refractivity contribution in [2.75, 3.05) is 39.2 Å². The Morgan fingerprint density at radius 1 is 1.13 bits per heavy atom. The first-order valence-electron chi connectivity index (χ1n) is 10.5. The maximum atomic E-state index is 12.8. The third-order valence-electron chi connectivity index (χ3n) is 5.54. The molecule has 0 aliphatic carbocycles. The molecular weight excluding hydrogens is 396 g/mol. The van der Waals surface area contributed by atoms with Gasteiger partial charge >= 0.3 is 5.97 Å². The maximum Gasteiger partial charge on any atom is 0.307 e. The molecule has 0 spiro atoms. The summed E-state index contributed by atoms with van der Waals surface area (Å²) in [6.07, 6.45) is 0.903. The number of carbonyl (C=O) groups is 2. The lowest BCUT2D eigenvalue weighted by atomic mass is 9.90. The summed E-state index contributed by atoms with van der Waals surface area (Å²) in [5, 5.41) is 2.98. The van der Waals surface area contributed by atoms with Crippen LogP contribution in [0.25, 0.3) is 0 Å². The molecule has 1 aliphatic rings. The molecule has 0 bridgehead atoms. The average molecular weight is 427 g/mol. The first-order chi connectivity index (χ1) is 15.0. The van der Waals surface area contributed by atoms with Crippen LogP contribution < -0.4 is 14.8 Å². The fraction of sp³-hybridized carbons (Fsp3) is 0.417. The van der Waals surface area contributed by atoms with Gasteiger partial charge in [0.2, 0.25) is 5.91 Å². The molecule has 1 atom stereocenters. The van der Waals surface area contributed by atoms with Crippen LogP contribution in [-0.2, 0) is 20.7 Å². The van der Waals surface area contributed by atoms with Gasteiger partial charge in [-0.25, -0.2) is 0 Å². The molecule has 2 aromatic carbocycles. The first kappa shape index (κ1) is 22.6. The van der Waals surface area contributed by atoms with Crippen LogP contribution in [0.2, 0.25) is 0 Å². The minimum absolute atomic E-state index is 0.118. The lowest BCUT2D eigenvalue weighted by Gasteiger charge is -2.37. The Hall–Kier alpha value is -3.06. The quantitative estimate of drug-likeness (QED) is 0.651. The van der Waals surface area contributed by atoms with Crippen LogP contribution in [0, 0.1) is 6.92 Å². The third kappa shape index (κ3) is 5.35. The summed E-state index contributed by atoms with van der Waals surface area (Å²) in [5.41, 5.74) is 3.83. The average Bonchev–Trinajstić information content (AvgIpc) is 2.76. The summed E-state index contributed by atoms with van der Waals surface area (Å²) < 4.78 is 16.1. The molecular formula is C24H30N2O5. The van der Waals surface area contributed by atoms with Crippen molar-refractivity contribution in [3.8, 4) is 11.5 Å². The minimum atomic E-state index is -0.292. The first-order valence-corrected chi connectivity index (χ1v) is 10.5.